The van der Waals surface area contributed by atoms with Crippen molar-refractivity contribution in [3.05, 3.63) is 52.9 Å². The van der Waals surface area contributed by atoms with Crippen LogP contribution in [0, 0.1) is 20.8 Å². The molecule has 0 saturated carbocycles. The van der Waals surface area contributed by atoms with Gasteiger partial charge in [0.25, 0.3) is 0 Å². The molecule has 0 aliphatic carbocycles. The van der Waals surface area contributed by atoms with E-state index in [-0.39, 0.29) is 0 Å². The van der Waals surface area contributed by atoms with Gasteiger partial charge in [-0.1, -0.05) is 25.1 Å². The zero-order valence-corrected chi connectivity index (χ0v) is 14.6. The number of aryl methyl sites for hydroxylation is 2. The number of rotatable bonds is 3. The van der Waals surface area contributed by atoms with Crippen LogP contribution in [0.1, 0.15) is 30.4 Å². The fourth-order valence-corrected chi connectivity index (χ4v) is 3.01. The quantitative estimate of drug-likeness (QED) is 0.728. The molecule has 23 heavy (non-hydrogen) atoms. The topological polar surface area (TPSA) is 35.1 Å². The zero-order chi connectivity index (χ0) is 16.6. The second-order valence-electron chi connectivity index (χ2n) is 6.00. The lowest BCUT2D eigenvalue weighted by Gasteiger charge is -2.10. The summed E-state index contributed by atoms with van der Waals surface area (Å²) in [6.45, 7) is 9.35. The lowest BCUT2D eigenvalue weighted by Crippen LogP contribution is -2.23. The van der Waals surface area contributed by atoms with E-state index in [2.05, 4.69) is 54.2 Å². The minimum absolute atomic E-state index is 0.835. The Bertz CT molecular complexity index is 914. The summed E-state index contributed by atoms with van der Waals surface area (Å²) in [5.41, 5.74) is 5.64. The number of benzene rings is 1. The van der Waals surface area contributed by atoms with Gasteiger partial charge in [0.2, 0.25) is 0 Å². The SMILES string of the molecule is CCCN=c1c2c(C)c(C)n(-c3ccccc3)c2nc(C)n1C. The Morgan fingerprint density at radius 3 is 2.43 bits per heavy atom. The molecule has 0 radical (unpaired) electrons. The molecular weight excluding hydrogens is 284 g/mol. The first-order chi connectivity index (χ1) is 11.1. The average molecular weight is 308 g/mol. The molecule has 4 nitrogen and oxygen atoms in total. The first kappa shape index (κ1) is 15.5. The van der Waals surface area contributed by atoms with Crippen molar-refractivity contribution in [1.82, 2.24) is 14.1 Å². The van der Waals surface area contributed by atoms with Crippen LogP contribution in [0.15, 0.2) is 35.3 Å². The summed E-state index contributed by atoms with van der Waals surface area (Å²) in [4.78, 5) is 9.70. The third-order valence-corrected chi connectivity index (χ3v) is 4.48. The summed E-state index contributed by atoms with van der Waals surface area (Å²) < 4.78 is 4.34. The Labute approximate surface area is 137 Å². The van der Waals surface area contributed by atoms with E-state index in [1.165, 1.54) is 11.3 Å². The Balaban J connectivity index is 2.47. The van der Waals surface area contributed by atoms with E-state index in [0.29, 0.717) is 0 Å². The molecule has 0 spiro atoms. The average Bonchev–Trinajstić information content (AvgIpc) is 2.80. The third kappa shape index (κ3) is 2.48. The smallest absolute Gasteiger partial charge is 0.150 e. The molecule has 0 saturated heterocycles. The maximum Gasteiger partial charge on any atom is 0.150 e. The Morgan fingerprint density at radius 1 is 1.09 bits per heavy atom. The van der Waals surface area contributed by atoms with E-state index in [1.54, 1.807) is 0 Å². The summed E-state index contributed by atoms with van der Waals surface area (Å²) in [5, 5.41) is 1.16. The molecule has 0 N–H and O–H groups in total. The number of hydrogen-bond donors (Lipinski definition) is 0. The molecule has 2 heterocycles. The van der Waals surface area contributed by atoms with Crippen LogP contribution in [0.25, 0.3) is 16.7 Å². The van der Waals surface area contributed by atoms with Crippen molar-refractivity contribution in [3.63, 3.8) is 0 Å². The number of hydrogen-bond acceptors (Lipinski definition) is 2. The van der Waals surface area contributed by atoms with Crippen molar-refractivity contribution in [2.24, 2.45) is 12.0 Å². The van der Waals surface area contributed by atoms with Gasteiger partial charge in [-0.15, -0.1) is 0 Å². The van der Waals surface area contributed by atoms with Crippen molar-refractivity contribution in [1.29, 1.82) is 0 Å². The summed E-state index contributed by atoms with van der Waals surface area (Å²) in [7, 11) is 2.05. The Hall–Kier alpha value is -2.36. The van der Waals surface area contributed by atoms with Crippen molar-refractivity contribution in [3.8, 4) is 5.69 Å². The fourth-order valence-electron chi connectivity index (χ4n) is 3.01. The largest absolute Gasteiger partial charge is 0.318 e. The molecule has 3 rings (SSSR count). The molecule has 1 aromatic carbocycles. The second kappa shape index (κ2) is 6.03. The van der Waals surface area contributed by atoms with Crippen LogP contribution >= 0.6 is 0 Å². The molecule has 120 valence electrons. The van der Waals surface area contributed by atoms with Crippen LogP contribution in [0.4, 0.5) is 0 Å². The van der Waals surface area contributed by atoms with Crippen LogP contribution in [-0.4, -0.2) is 20.7 Å². The van der Waals surface area contributed by atoms with Gasteiger partial charge in [0.15, 0.2) is 5.65 Å². The van der Waals surface area contributed by atoms with Crippen molar-refractivity contribution in [2.75, 3.05) is 6.54 Å². The molecule has 0 bridgehead atoms. The van der Waals surface area contributed by atoms with Gasteiger partial charge in [0, 0.05) is 25.0 Å². The van der Waals surface area contributed by atoms with Crippen LogP contribution in [0.2, 0.25) is 0 Å². The first-order valence-electron chi connectivity index (χ1n) is 8.17. The fraction of sp³-hybridized carbons (Fsp3) is 0.368. The normalized spacial score (nSPS) is 12.3. The zero-order valence-electron chi connectivity index (χ0n) is 14.6. The highest BCUT2D eigenvalue weighted by atomic mass is 15.1. The summed E-state index contributed by atoms with van der Waals surface area (Å²) in [6.07, 6.45) is 1.04. The number of para-hydroxylation sites is 1. The highest BCUT2D eigenvalue weighted by Gasteiger charge is 2.17. The van der Waals surface area contributed by atoms with E-state index in [1.807, 2.05) is 20.0 Å². The van der Waals surface area contributed by atoms with E-state index in [9.17, 15) is 0 Å². The van der Waals surface area contributed by atoms with Gasteiger partial charge in [-0.05, 0) is 44.9 Å². The monoisotopic (exact) mass is 308 g/mol. The maximum absolute atomic E-state index is 4.87. The summed E-state index contributed by atoms with van der Waals surface area (Å²) in [6, 6.07) is 10.4. The summed E-state index contributed by atoms with van der Waals surface area (Å²) in [5.74, 6) is 0.974. The predicted molar refractivity (Wildman–Crippen MR) is 95.0 cm³/mol. The molecule has 2 aromatic heterocycles. The van der Waals surface area contributed by atoms with Crippen molar-refractivity contribution >= 4 is 11.0 Å². The van der Waals surface area contributed by atoms with Crippen molar-refractivity contribution in [2.45, 2.75) is 34.1 Å². The van der Waals surface area contributed by atoms with Crippen molar-refractivity contribution < 1.29 is 0 Å². The standard InChI is InChI=1S/C19H24N4/c1-6-12-20-18-17-13(2)14(3)23(16-10-8-7-9-11-16)19(17)21-15(4)22(18)5/h7-11H,6,12H2,1-5H3. The minimum Gasteiger partial charge on any atom is -0.318 e. The van der Waals surface area contributed by atoms with E-state index in [0.717, 1.165) is 41.0 Å². The van der Waals surface area contributed by atoms with Gasteiger partial charge >= 0.3 is 0 Å². The highest BCUT2D eigenvalue weighted by Crippen LogP contribution is 2.25. The molecular formula is C19H24N4. The highest BCUT2D eigenvalue weighted by molar-refractivity contribution is 5.83. The Morgan fingerprint density at radius 2 is 1.78 bits per heavy atom. The van der Waals surface area contributed by atoms with Gasteiger partial charge in [0.1, 0.15) is 11.3 Å². The van der Waals surface area contributed by atoms with Gasteiger partial charge in [-0.2, -0.15) is 0 Å². The molecule has 0 fully saturated rings. The first-order valence-corrected chi connectivity index (χ1v) is 8.17. The predicted octanol–water partition coefficient (Wildman–Crippen LogP) is 3.60. The number of nitrogens with zero attached hydrogens (tertiary/aromatic N) is 4. The molecule has 0 aliphatic heterocycles. The van der Waals surface area contributed by atoms with Crippen LogP contribution in [0.3, 0.4) is 0 Å². The molecule has 0 atom stereocenters. The van der Waals surface area contributed by atoms with Gasteiger partial charge in [-0.3, -0.25) is 9.56 Å². The Kier molecular flexibility index (Phi) is 4.07. The van der Waals surface area contributed by atoms with Gasteiger partial charge in [0.05, 0.1) is 5.39 Å². The van der Waals surface area contributed by atoms with Crippen LogP contribution in [0.5, 0.6) is 0 Å². The number of fused-ring (bicyclic) bond motifs is 1. The molecule has 3 aromatic rings. The van der Waals surface area contributed by atoms with E-state index in [4.69, 9.17) is 9.98 Å². The third-order valence-electron chi connectivity index (χ3n) is 4.48. The summed E-state index contributed by atoms with van der Waals surface area (Å²) >= 11 is 0. The molecule has 0 amide bonds. The van der Waals surface area contributed by atoms with E-state index >= 15 is 0 Å². The van der Waals surface area contributed by atoms with Gasteiger partial charge < -0.3 is 4.57 Å². The molecule has 0 aliphatic rings. The molecule has 0 unspecified atom stereocenters. The molecule has 4 heteroatoms. The van der Waals surface area contributed by atoms with E-state index < -0.39 is 0 Å². The van der Waals surface area contributed by atoms with Gasteiger partial charge in [-0.25, -0.2) is 4.98 Å². The minimum atomic E-state index is 0.835. The van der Waals surface area contributed by atoms with Crippen LogP contribution in [-0.2, 0) is 7.05 Å². The second-order valence-corrected chi connectivity index (χ2v) is 6.00. The van der Waals surface area contributed by atoms with Crippen LogP contribution < -0.4 is 5.49 Å². The lowest BCUT2D eigenvalue weighted by molar-refractivity contribution is 0.746. The number of aromatic nitrogens is 3. The maximum atomic E-state index is 4.87. The lowest BCUT2D eigenvalue weighted by atomic mass is 10.2.